The first-order valence-corrected chi connectivity index (χ1v) is 11.6. The van der Waals surface area contributed by atoms with Gasteiger partial charge in [-0.25, -0.2) is 15.3 Å². The number of piperidine rings is 1. The Kier molecular flexibility index (Phi) is 4.82. The van der Waals surface area contributed by atoms with Gasteiger partial charge in [0.25, 0.3) is 0 Å². The molecule has 1 saturated heterocycles. The molecular weight excluding hydrogens is 396 g/mol. The van der Waals surface area contributed by atoms with Crippen molar-refractivity contribution >= 4 is 21.6 Å². The van der Waals surface area contributed by atoms with Gasteiger partial charge in [-0.1, -0.05) is 6.07 Å². The van der Waals surface area contributed by atoms with Crippen LogP contribution in [0.25, 0.3) is 10.2 Å². The van der Waals surface area contributed by atoms with Crippen LogP contribution in [-0.4, -0.2) is 23.3 Å². The maximum absolute atomic E-state index is 5.48. The van der Waals surface area contributed by atoms with Gasteiger partial charge < -0.3 is 14.8 Å². The Labute approximate surface area is 180 Å². The number of hydrogen-bond acceptors (Lipinski definition) is 6. The van der Waals surface area contributed by atoms with Gasteiger partial charge in [0.2, 0.25) is 6.79 Å². The predicted octanol–water partition coefficient (Wildman–Crippen LogP) is 4.06. The number of benzene rings is 1. The van der Waals surface area contributed by atoms with Gasteiger partial charge in [-0.2, -0.15) is 0 Å². The first-order chi connectivity index (χ1) is 14.8. The zero-order chi connectivity index (χ0) is 19.9. The molecule has 0 amide bonds. The number of ether oxygens (including phenoxy) is 2. The molecule has 0 saturated carbocycles. The van der Waals surface area contributed by atoms with Crippen LogP contribution in [0.1, 0.15) is 53.6 Å². The lowest BCUT2D eigenvalue weighted by Crippen LogP contribution is -2.33. The predicted molar refractivity (Wildman–Crippen MR) is 116 cm³/mol. The van der Waals surface area contributed by atoms with E-state index in [1.165, 1.54) is 53.1 Å². The molecule has 6 nitrogen and oxygen atoms in total. The largest absolute Gasteiger partial charge is 0.454 e. The Hall–Kier alpha value is -2.22. The molecule has 4 heterocycles. The van der Waals surface area contributed by atoms with E-state index in [0.29, 0.717) is 6.79 Å². The standard InChI is InChI=1S/C23H24N4O2S/c1-2-4-21-16(3-1)17-12-26-22(27-23(17)30-21)18-10-15(7-8-24-18)25-11-14-5-6-19-20(9-14)29-13-28-19/h5-6,9,12,18,25H,1-4,7-8,10-11,13H2. The minimum Gasteiger partial charge on any atom is -0.454 e. The molecular formula is C23H24N4O2S. The topological polar surface area (TPSA) is 70.4 Å². The first-order valence-electron chi connectivity index (χ1n) is 10.7. The van der Waals surface area contributed by atoms with Crippen molar-refractivity contribution in [2.24, 2.45) is 0 Å². The molecule has 1 N–H and O–H groups in total. The quantitative estimate of drug-likeness (QED) is 0.689. The highest BCUT2D eigenvalue weighted by Crippen LogP contribution is 2.36. The molecule has 1 unspecified atom stereocenters. The van der Waals surface area contributed by atoms with Crippen molar-refractivity contribution < 1.29 is 9.47 Å². The summed E-state index contributed by atoms with van der Waals surface area (Å²) in [4.78, 5) is 12.3. The summed E-state index contributed by atoms with van der Waals surface area (Å²) in [5, 5.41) is 9.70. The number of fused-ring (bicyclic) bond motifs is 4. The van der Waals surface area contributed by atoms with Gasteiger partial charge in [-0.3, -0.25) is 0 Å². The summed E-state index contributed by atoms with van der Waals surface area (Å²) in [6.07, 6.45) is 8.83. The Bertz CT molecular complexity index is 1080. The number of thiophene rings is 1. The molecule has 0 bridgehead atoms. The number of nitrogens with zero attached hydrogens (tertiary/aromatic N) is 3. The molecule has 2 aliphatic heterocycles. The van der Waals surface area contributed by atoms with E-state index in [2.05, 4.69) is 17.4 Å². The van der Waals surface area contributed by atoms with Crippen molar-refractivity contribution in [1.82, 2.24) is 20.6 Å². The highest BCUT2D eigenvalue weighted by atomic mass is 32.1. The summed E-state index contributed by atoms with van der Waals surface area (Å²) in [5.41, 5.74) is 2.68. The average molecular weight is 421 g/mol. The Balaban J connectivity index is 1.14. The molecule has 3 aliphatic rings. The fourth-order valence-corrected chi connectivity index (χ4v) is 5.82. The van der Waals surface area contributed by atoms with Crippen LogP contribution in [0, 0.1) is 6.04 Å². The highest BCUT2D eigenvalue weighted by molar-refractivity contribution is 7.18. The van der Waals surface area contributed by atoms with Crippen LogP contribution in [0.15, 0.2) is 24.4 Å². The van der Waals surface area contributed by atoms with E-state index >= 15 is 0 Å². The maximum Gasteiger partial charge on any atom is 0.231 e. The van der Waals surface area contributed by atoms with Crippen molar-refractivity contribution in [3.8, 4) is 11.5 Å². The Morgan fingerprint density at radius 1 is 1.10 bits per heavy atom. The number of nitrogens with one attached hydrogen (secondary N) is 1. The lowest BCUT2D eigenvalue weighted by atomic mass is 9.97. The van der Waals surface area contributed by atoms with Gasteiger partial charge in [0, 0.05) is 35.6 Å². The fourth-order valence-electron chi connectivity index (χ4n) is 4.58. The van der Waals surface area contributed by atoms with E-state index < -0.39 is 0 Å². The minimum absolute atomic E-state index is 0.0431. The van der Waals surface area contributed by atoms with Gasteiger partial charge in [0.1, 0.15) is 10.7 Å². The third-order valence-corrected chi connectivity index (χ3v) is 7.42. The van der Waals surface area contributed by atoms with E-state index in [1.807, 2.05) is 23.6 Å². The number of aromatic nitrogens is 2. The van der Waals surface area contributed by atoms with Crippen LogP contribution in [0.5, 0.6) is 11.5 Å². The third-order valence-electron chi connectivity index (χ3n) is 6.21. The van der Waals surface area contributed by atoms with Crippen LogP contribution in [-0.2, 0) is 19.4 Å². The Morgan fingerprint density at radius 2 is 2.03 bits per heavy atom. The van der Waals surface area contributed by atoms with Crippen molar-refractivity contribution in [2.75, 3.05) is 13.3 Å². The SMILES string of the molecule is c1cc2c(cc1CN[C]1CC[N]C(c3ncc4c5c(sc4n3)CCCC5)C1)OCO2. The normalized spacial score (nSPS) is 21.1. The van der Waals surface area contributed by atoms with E-state index in [0.717, 1.165) is 48.1 Å². The molecule has 2 radical (unpaired) electrons. The van der Waals surface area contributed by atoms with Gasteiger partial charge in [0.05, 0.1) is 6.04 Å². The van der Waals surface area contributed by atoms with Crippen molar-refractivity contribution in [3.63, 3.8) is 0 Å². The molecule has 1 atom stereocenters. The molecule has 1 aromatic carbocycles. The highest BCUT2D eigenvalue weighted by Gasteiger charge is 2.27. The maximum atomic E-state index is 5.48. The number of rotatable bonds is 4. The molecule has 30 heavy (non-hydrogen) atoms. The monoisotopic (exact) mass is 420 g/mol. The molecule has 3 aromatic rings. The molecule has 1 aliphatic carbocycles. The van der Waals surface area contributed by atoms with E-state index in [9.17, 15) is 0 Å². The molecule has 6 rings (SSSR count). The zero-order valence-corrected chi connectivity index (χ0v) is 17.6. The van der Waals surface area contributed by atoms with Gasteiger partial charge >= 0.3 is 0 Å². The summed E-state index contributed by atoms with van der Waals surface area (Å²) in [6, 6.07) is 7.48. The molecule has 154 valence electrons. The minimum atomic E-state index is 0.0431. The van der Waals surface area contributed by atoms with Crippen molar-refractivity contribution in [1.29, 1.82) is 0 Å². The second kappa shape index (κ2) is 7.80. The van der Waals surface area contributed by atoms with Gasteiger partial charge in [0.15, 0.2) is 11.5 Å². The van der Waals surface area contributed by atoms with Crippen molar-refractivity contribution in [3.05, 3.63) is 52.3 Å². The average Bonchev–Trinajstić information content (AvgIpc) is 3.41. The molecule has 0 spiro atoms. The van der Waals surface area contributed by atoms with Crippen LogP contribution in [0.3, 0.4) is 0 Å². The van der Waals surface area contributed by atoms with E-state index in [4.69, 9.17) is 24.8 Å². The second-order valence-electron chi connectivity index (χ2n) is 8.18. The third kappa shape index (κ3) is 3.45. The summed E-state index contributed by atoms with van der Waals surface area (Å²) < 4.78 is 10.9. The summed E-state index contributed by atoms with van der Waals surface area (Å²) in [6.45, 7) is 1.90. The molecule has 7 heteroatoms. The van der Waals surface area contributed by atoms with Crippen LogP contribution in [0.2, 0.25) is 0 Å². The first kappa shape index (κ1) is 18.5. The number of hydrogen-bond donors (Lipinski definition) is 1. The van der Waals surface area contributed by atoms with Crippen LogP contribution < -0.4 is 20.1 Å². The summed E-state index contributed by atoms with van der Waals surface area (Å²) >= 11 is 1.86. The van der Waals surface area contributed by atoms with E-state index in [-0.39, 0.29) is 6.04 Å². The summed E-state index contributed by atoms with van der Waals surface area (Å²) in [7, 11) is 0. The summed E-state index contributed by atoms with van der Waals surface area (Å²) in [5.74, 6) is 2.52. The van der Waals surface area contributed by atoms with Crippen LogP contribution in [0.4, 0.5) is 0 Å². The second-order valence-corrected chi connectivity index (χ2v) is 9.26. The number of aryl methyl sites for hydroxylation is 2. The van der Waals surface area contributed by atoms with E-state index in [1.54, 1.807) is 0 Å². The van der Waals surface area contributed by atoms with Gasteiger partial charge in [-0.05, 0) is 61.8 Å². The van der Waals surface area contributed by atoms with Crippen LogP contribution >= 0.6 is 11.3 Å². The molecule has 1 fully saturated rings. The lowest BCUT2D eigenvalue weighted by molar-refractivity contribution is 0.174. The molecule has 2 aromatic heterocycles. The fraction of sp³-hybridized carbons (Fsp3) is 0.435. The lowest BCUT2D eigenvalue weighted by Gasteiger charge is -2.28. The van der Waals surface area contributed by atoms with Crippen molar-refractivity contribution in [2.45, 2.75) is 51.1 Å². The smallest absolute Gasteiger partial charge is 0.231 e. The van der Waals surface area contributed by atoms with Gasteiger partial charge in [-0.15, -0.1) is 11.3 Å². The zero-order valence-electron chi connectivity index (χ0n) is 16.8. The Morgan fingerprint density at radius 3 is 3.03 bits per heavy atom.